The van der Waals surface area contributed by atoms with Crippen LogP contribution in [0.5, 0.6) is 0 Å². The molecule has 0 aromatic heterocycles. The fourth-order valence-corrected chi connectivity index (χ4v) is 1.19. The molecule has 1 aliphatic rings. The summed E-state index contributed by atoms with van der Waals surface area (Å²) in [5, 5.41) is 10.5. The molecule has 0 fully saturated rings. The summed E-state index contributed by atoms with van der Waals surface area (Å²) in [5.74, 6) is -0.138. The second kappa shape index (κ2) is 3.90. The monoisotopic (exact) mass is 169 g/mol. The number of nitrogens with one attached hydrogen (secondary N) is 1. The Bertz CT molecular complexity index is 222. The van der Waals surface area contributed by atoms with Crippen LogP contribution in [-0.2, 0) is 4.79 Å². The number of amides is 1. The molecule has 66 valence electrons. The van der Waals surface area contributed by atoms with Crippen molar-refractivity contribution in [2.45, 2.75) is 12.8 Å². The van der Waals surface area contributed by atoms with Gasteiger partial charge in [0.15, 0.2) is 5.78 Å². The van der Waals surface area contributed by atoms with Crippen molar-refractivity contribution >= 4 is 11.9 Å². The molecule has 4 heteroatoms. The smallest absolute Gasteiger partial charge is 0.404 e. The lowest BCUT2D eigenvalue weighted by atomic mass is 9.93. The molecular formula is C8H11NO3. The Morgan fingerprint density at radius 2 is 2.50 bits per heavy atom. The van der Waals surface area contributed by atoms with E-state index in [1.165, 1.54) is 6.08 Å². The van der Waals surface area contributed by atoms with E-state index in [1.807, 2.05) is 6.08 Å². The lowest BCUT2D eigenvalue weighted by Gasteiger charge is -2.15. The van der Waals surface area contributed by atoms with Gasteiger partial charge in [-0.1, -0.05) is 6.08 Å². The molecule has 0 aromatic rings. The summed E-state index contributed by atoms with van der Waals surface area (Å²) in [5.41, 5.74) is 0. The standard InChI is InChI=1S/C8H11NO3/c10-7-4-2-1-3-6(7)5-9-8(11)12/h2,4,6,9H,1,3,5H2,(H,11,12). The molecule has 2 N–H and O–H groups in total. The van der Waals surface area contributed by atoms with Gasteiger partial charge in [-0.15, -0.1) is 0 Å². The van der Waals surface area contributed by atoms with Gasteiger partial charge in [0.2, 0.25) is 0 Å². The van der Waals surface area contributed by atoms with Crippen LogP contribution < -0.4 is 5.32 Å². The molecule has 1 atom stereocenters. The van der Waals surface area contributed by atoms with Crippen molar-refractivity contribution in [3.8, 4) is 0 Å². The first-order chi connectivity index (χ1) is 5.70. The van der Waals surface area contributed by atoms with Crippen LogP contribution in [0.3, 0.4) is 0 Å². The minimum Gasteiger partial charge on any atom is -0.465 e. The molecule has 0 aromatic carbocycles. The topological polar surface area (TPSA) is 66.4 Å². The van der Waals surface area contributed by atoms with E-state index in [0.29, 0.717) is 0 Å². The van der Waals surface area contributed by atoms with Crippen LogP contribution in [0, 0.1) is 5.92 Å². The number of ketones is 1. The van der Waals surface area contributed by atoms with Crippen molar-refractivity contribution in [1.82, 2.24) is 5.32 Å². The average Bonchev–Trinajstić information content (AvgIpc) is 2.03. The summed E-state index contributed by atoms with van der Waals surface area (Å²) in [6, 6.07) is 0. The van der Waals surface area contributed by atoms with Crippen LogP contribution >= 0.6 is 0 Å². The van der Waals surface area contributed by atoms with Crippen molar-refractivity contribution in [1.29, 1.82) is 0 Å². The van der Waals surface area contributed by atoms with Crippen molar-refractivity contribution in [2.75, 3.05) is 6.54 Å². The number of carboxylic acid groups (broad SMARTS) is 1. The van der Waals surface area contributed by atoms with Crippen LogP contribution in [0.25, 0.3) is 0 Å². The Kier molecular flexibility index (Phi) is 2.85. The second-order valence-corrected chi connectivity index (χ2v) is 2.77. The van der Waals surface area contributed by atoms with Crippen molar-refractivity contribution in [2.24, 2.45) is 5.92 Å². The minimum absolute atomic E-state index is 0.0231. The maximum atomic E-state index is 11.1. The zero-order chi connectivity index (χ0) is 8.97. The first-order valence-electron chi connectivity index (χ1n) is 3.87. The highest BCUT2D eigenvalue weighted by molar-refractivity contribution is 5.92. The molecule has 4 nitrogen and oxygen atoms in total. The molecule has 1 unspecified atom stereocenters. The predicted molar refractivity (Wildman–Crippen MR) is 42.9 cm³/mol. The number of carbonyl (C=O) groups excluding carboxylic acids is 1. The number of hydrogen-bond donors (Lipinski definition) is 2. The Labute approximate surface area is 70.3 Å². The Morgan fingerprint density at radius 1 is 1.75 bits per heavy atom. The summed E-state index contributed by atoms with van der Waals surface area (Å²) in [4.78, 5) is 21.2. The van der Waals surface area contributed by atoms with E-state index in [0.717, 1.165) is 12.8 Å². The number of rotatable bonds is 2. The zero-order valence-corrected chi connectivity index (χ0v) is 6.62. The van der Waals surface area contributed by atoms with E-state index in [-0.39, 0.29) is 18.2 Å². The van der Waals surface area contributed by atoms with Gasteiger partial charge in [-0.05, 0) is 18.9 Å². The summed E-state index contributed by atoms with van der Waals surface area (Å²) < 4.78 is 0. The van der Waals surface area contributed by atoms with Crippen LogP contribution in [0.15, 0.2) is 12.2 Å². The fourth-order valence-electron chi connectivity index (χ4n) is 1.19. The molecule has 0 heterocycles. The predicted octanol–water partition coefficient (Wildman–Crippen LogP) is 0.789. The highest BCUT2D eigenvalue weighted by atomic mass is 16.4. The van der Waals surface area contributed by atoms with Gasteiger partial charge in [-0.3, -0.25) is 4.79 Å². The van der Waals surface area contributed by atoms with Gasteiger partial charge in [0.1, 0.15) is 0 Å². The first-order valence-corrected chi connectivity index (χ1v) is 3.87. The van der Waals surface area contributed by atoms with Gasteiger partial charge in [0.25, 0.3) is 0 Å². The lowest BCUT2D eigenvalue weighted by molar-refractivity contribution is -0.118. The van der Waals surface area contributed by atoms with E-state index in [4.69, 9.17) is 5.11 Å². The van der Waals surface area contributed by atoms with Gasteiger partial charge in [-0.25, -0.2) is 4.79 Å². The van der Waals surface area contributed by atoms with Crippen LogP contribution in [-0.4, -0.2) is 23.5 Å². The second-order valence-electron chi connectivity index (χ2n) is 2.77. The van der Waals surface area contributed by atoms with Crippen LogP contribution in [0.1, 0.15) is 12.8 Å². The van der Waals surface area contributed by atoms with Crippen molar-refractivity contribution in [3.63, 3.8) is 0 Å². The summed E-state index contributed by atoms with van der Waals surface area (Å²) in [6.45, 7) is 0.235. The lowest BCUT2D eigenvalue weighted by Crippen LogP contribution is -2.32. The summed E-state index contributed by atoms with van der Waals surface area (Å²) in [6.07, 6.45) is 3.88. The molecule has 0 saturated carbocycles. The quantitative estimate of drug-likeness (QED) is 0.642. The van der Waals surface area contributed by atoms with Gasteiger partial charge < -0.3 is 10.4 Å². The molecule has 0 aliphatic heterocycles. The molecule has 1 rings (SSSR count). The Balaban J connectivity index is 2.37. The van der Waals surface area contributed by atoms with Crippen LogP contribution in [0.2, 0.25) is 0 Å². The number of allylic oxidation sites excluding steroid dienone is 2. The molecule has 0 spiro atoms. The molecule has 0 saturated heterocycles. The van der Waals surface area contributed by atoms with E-state index >= 15 is 0 Å². The third kappa shape index (κ3) is 2.38. The molecule has 1 aliphatic carbocycles. The van der Waals surface area contributed by atoms with Gasteiger partial charge in [0, 0.05) is 12.5 Å². The average molecular weight is 169 g/mol. The highest BCUT2D eigenvalue weighted by Gasteiger charge is 2.18. The van der Waals surface area contributed by atoms with Crippen LogP contribution in [0.4, 0.5) is 4.79 Å². The normalized spacial score (nSPS) is 22.3. The largest absolute Gasteiger partial charge is 0.465 e. The molecular weight excluding hydrogens is 158 g/mol. The van der Waals surface area contributed by atoms with Crippen molar-refractivity contribution < 1.29 is 14.7 Å². The molecule has 1 amide bonds. The molecule has 0 radical (unpaired) electrons. The number of hydrogen-bond acceptors (Lipinski definition) is 2. The van der Waals surface area contributed by atoms with E-state index in [9.17, 15) is 9.59 Å². The van der Waals surface area contributed by atoms with Gasteiger partial charge in [-0.2, -0.15) is 0 Å². The SMILES string of the molecule is O=C(O)NCC1CCC=CC1=O. The zero-order valence-electron chi connectivity index (χ0n) is 6.62. The van der Waals surface area contributed by atoms with Gasteiger partial charge in [0.05, 0.1) is 0 Å². The summed E-state index contributed by atoms with van der Waals surface area (Å²) in [7, 11) is 0. The fraction of sp³-hybridized carbons (Fsp3) is 0.500. The molecule has 0 bridgehead atoms. The highest BCUT2D eigenvalue weighted by Crippen LogP contribution is 2.13. The number of carbonyl (C=O) groups is 2. The van der Waals surface area contributed by atoms with Gasteiger partial charge >= 0.3 is 6.09 Å². The summed E-state index contributed by atoms with van der Waals surface area (Å²) >= 11 is 0. The van der Waals surface area contributed by atoms with E-state index in [1.54, 1.807) is 0 Å². The Morgan fingerprint density at radius 3 is 3.08 bits per heavy atom. The van der Waals surface area contributed by atoms with E-state index in [2.05, 4.69) is 5.32 Å². The minimum atomic E-state index is -1.07. The Hall–Kier alpha value is -1.32. The van der Waals surface area contributed by atoms with E-state index < -0.39 is 6.09 Å². The first kappa shape index (κ1) is 8.77. The third-order valence-electron chi connectivity index (χ3n) is 1.87. The maximum absolute atomic E-state index is 11.1. The van der Waals surface area contributed by atoms with Crippen molar-refractivity contribution in [3.05, 3.63) is 12.2 Å². The molecule has 12 heavy (non-hydrogen) atoms. The third-order valence-corrected chi connectivity index (χ3v) is 1.87. The maximum Gasteiger partial charge on any atom is 0.404 e.